The Morgan fingerprint density at radius 3 is 2.85 bits per heavy atom. The molecule has 26 heavy (non-hydrogen) atoms. The second-order valence-corrected chi connectivity index (χ2v) is 6.41. The van der Waals surface area contributed by atoms with E-state index in [4.69, 9.17) is 14.2 Å². The third-order valence-corrected chi connectivity index (χ3v) is 4.31. The minimum atomic E-state index is 0.0399. The Kier molecular flexibility index (Phi) is 5.96. The predicted molar refractivity (Wildman–Crippen MR) is 97.7 cm³/mol. The van der Waals surface area contributed by atoms with Crippen molar-refractivity contribution in [3.8, 4) is 17.2 Å². The molecule has 2 aromatic rings. The van der Waals surface area contributed by atoms with Gasteiger partial charge in [-0.2, -0.15) is 0 Å². The number of likely N-dealkylation sites (N-methyl/N-ethyl adjacent to an activating group) is 1. The van der Waals surface area contributed by atoms with E-state index in [0.717, 1.165) is 46.2 Å². The summed E-state index contributed by atoms with van der Waals surface area (Å²) >= 11 is 0. The summed E-state index contributed by atoms with van der Waals surface area (Å²) in [6.07, 6.45) is 0.747. The molecule has 6 nitrogen and oxygen atoms in total. The Hall–Kier alpha value is -2.73. The number of methoxy groups -OCH3 is 1. The highest BCUT2D eigenvalue weighted by Crippen LogP contribution is 2.32. The molecule has 1 atom stereocenters. The van der Waals surface area contributed by atoms with E-state index >= 15 is 0 Å². The highest BCUT2D eigenvalue weighted by molar-refractivity contribution is 5.76. The van der Waals surface area contributed by atoms with Gasteiger partial charge < -0.3 is 24.4 Å². The fourth-order valence-corrected chi connectivity index (χ4v) is 3.04. The largest absolute Gasteiger partial charge is 0.496 e. The first-order chi connectivity index (χ1) is 12.7. The van der Waals surface area contributed by atoms with Crippen molar-refractivity contribution in [1.82, 2.24) is 5.32 Å². The lowest BCUT2D eigenvalue weighted by Crippen LogP contribution is -3.08. The number of benzene rings is 2. The van der Waals surface area contributed by atoms with Crippen LogP contribution >= 0.6 is 0 Å². The molecule has 2 N–H and O–H groups in total. The van der Waals surface area contributed by atoms with Crippen LogP contribution in [-0.4, -0.2) is 39.9 Å². The molecule has 0 spiro atoms. The molecule has 1 aliphatic heterocycles. The van der Waals surface area contributed by atoms with Crippen LogP contribution in [0.3, 0.4) is 0 Å². The summed E-state index contributed by atoms with van der Waals surface area (Å²) in [4.78, 5) is 13.3. The standard InChI is InChI=1S/C20H24N2O4/c1-22(12-15-7-8-18-19(11-15)26-14-25-18)13-20(23)21-10-9-16-5-3-4-6-17(16)24-2/h3-8,11H,9-10,12-14H2,1-2H3,(H,21,23)/p+1. The summed E-state index contributed by atoms with van der Waals surface area (Å²) in [5, 5.41) is 2.98. The minimum Gasteiger partial charge on any atom is -0.496 e. The first-order valence-electron chi connectivity index (χ1n) is 8.74. The van der Waals surface area contributed by atoms with Crippen LogP contribution in [0.4, 0.5) is 0 Å². The molecule has 0 aromatic heterocycles. The van der Waals surface area contributed by atoms with Crippen LogP contribution in [0.15, 0.2) is 42.5 Å². The van der Waals surface area contributed by atoms with Crippen molar-refractivity contribution in [3.63, 3.8) is 0 Å². The molecule has 2 aromatic carbocycles. The highest BCUT2D eigenvalue weighted by Gasteiger charge is 2.16. The number of para-hydroxylation sites is 1. The Balaban J connectivity index is 1.43. The average Bonchev–Trinajstić information content (AvgIpc) is 3.09. The van der Waals surface area contributed by atoms with E-state index in [1.807, 2.05) is 49.5 Å². The van der Waals surface area contributed by atoms with Gasteiger partial charge in [-0.25, -0.2) is 0 Å². The van der Waals surface area contributed by atoms with E-state index < -0.39 is 0 Å². The van der Waals surface area contributed by atoms with E-state index in [1.165, 1.54) is 0 Å². The van der Waals surface area contributed by atoms with Gasteiger partial charge in [0.1, 0.15) is 12.3 Å². The lowest BCUT2D eigenvalue weighted by molar-refractivity contribution is -0.885. The maximum atomic E-state index is 12.2. The van der Waals surface area contributed by atoms with Gasteiger partial charge in [0.25, 0.3) is 5.91 Å². The summed E-state index contributed by atoms with van der Waals surface area (Å²) in [5.41, 5.74) is 2.21. The molecular weight excluding hydrogens is 332 g/mol. The zero-order valence-corrected chi connectivity index (χ0v) is 15.2. The number of hydrogen-bond donors (Lipinski definition) is 2. The molecule has 0 fully saturated rings. The molecule has 0 aliphatic carbocycles. The van der Waals surface area contributed by atoms with Crippen molar-refractivity contribution >= 4 is 5.91 Å². The fourth-order valence-electron chi connectivity index (χ4n) is 3.04. The molecule has 1 heterocycles. The van der Waals surface area contributed by atoms with Gasteiger partial charge >= 0.3 is 0 Å². The van der Waals surface area contributed by atoms with E-state index in [9.17, 15) is 4.79 Å². The quantitative estimate of drug-likeness (QED) is 0.734. The molecule has 1 unspecified atom stereocenters. The average molecular weight is 357 g/mol. The summed E-state index contributed by atoms with van der Waals surface area (Å²) in [6.45, 7) is 2.03. The smallest absolute Gasteiger partial charge is 0.275 e. The lowest BCUT2D eigenvalue weighted by atomic mass is 10.1. The van der Waals surface area contributed by atoms with Gasteiger partial charge in [0.05, 0.1) is 14.2 Å². The van der Waals surface area contributed by atoms with Crippen LogP contribution in [0, 0.1) is 0 Å². The molecule has 0 saturated carbocycles. The third kappa shape index (κ3) is 4.67. The molecular formula is C20H25N2O4+. The van der Waals surface area contributed by atoms with E-state index in [1.54, 1.807) is 7.11 Å². The van der Waals surface area contributed by atoms with Crippen LogP contribution < -0.4 is 24.4 Å². The number of rotatable bonds is 8. The van der Waals surface area contributed by atoms with Crippen LogP contribution in [0.2, 0.25) is 0 Å². The number of hydrogen-bond acceptors (Lipinski definition) is 4. The minimum absolute atomic E-state index is 0.0399. The summed E-state index contributed by atoms with van der Waals surface area (Å²) in [7, 11) is 3.66. The highest BCUT2D eigenvalue weighted by atomic mass is 16.7. The number of ether oxygens (including phenoxy) is 3. The van der Waals surface area contributed by atoms with Crippen LogP contribution in [0.25, 0.3) is 0 Å². The molecule has 1 aliphatic rings. The topological polar surface area (TPSA) is 61.2 Å². The monoisotopic (exact) mass is 357 g/mol. The first-order valence-corrected chi connectivity index (χ1v) is 8.74. The first kappa shape index (κ1) is 18.1. The van der Waals surface area contributed by atoms with Crippen molar-refractivity contribution in [2.75, 3.05) is 34.0 Å². The molecule has 6 heteroatoms. The van der Waals surface area contributed by atoms with Crippen LogP contribution in [-0.2, 0) is 17.8 Å². The fraction of sp³-hybridized carbons (Fsp3) is 0.350. The van der Waals surface area contributed by atoms with Gasteiger partial charge in [-0.05, 0) is 36.2 Å². The van der Waals surface area contributed by atoms with E-state index in [-0.39, 0.29) is 12.7 Å². The van der Waals surface area contributed by atoms with E-state index in [0.29, 0.717) is 13.1 Å². The Morgan fingerprint density at radius 1 is 1.19 bits per heavy atom. The molecule has 0 bridgehead atoms. The normalized spacial score (nSPS) is 13.3. The second kappa shape index (κ2) is 8.58. The summed E-state index contributed by atoms with van der Waals surface area (Å²) in [6, 6.07) is 13.8. The number of quaternary nitrogens is 1. The Bertz CT molecular complexity index is 763. The molecule has 0 radical (unpaired) electrons. The number of carbonyl (C=O) groups is 1. The third-order valence-electron chi connectivity index (χ3n) is 4.31. The second-order valence-electron chi connectivity index (χ2n) is 6.41. The van der Waals surface area contributed by atoms with Crippen LogP contribution in [0.1, 0.15) is 11.1 Å². The zero-order chi connectivity index (χ0) is 18.4. The van der Waals surface area contributed by atoms with Gasteiger partial charge in [-0.15, -0.1) is 0 Å². The van der Waals surface area contributed by atoms with Crippen molar-refractivity contribution in [2.45, 2.75) is 13.0 Å². The number of nitrogens with one attached hydrogen (secondary N) is 2. The number of fused-ring (bicyclic) bond motifs is 1. The maximum absolute atomic E-state index is 12.2. The summed E-state index contributed by atoms with van der Waals surface area (Å²) in [5.74, 6) is 2.45. The van der Waals surface area contributed by atoms with Crippen molar-refractivity contribution in [2.24, 2.45) is 0 Å². The molecule has 3 rings (SSSR count). The van der Waals surface area contributed by atoms with E-state index in [2.05, 4.69) is 5.32 Å². The SMILES string of the molecule is COc1ccccc1CCNC(=O)C[NH+](C)Cc1ccc2c(c1)OCO2. The molecule has 0 saturated heterocycles. The van der Waals surface area contributed by atoms with Gasteiger partial charge in [0.2, 0.25) is 6.79 Å². The van der Waals surface area contributed by atoms with Gasteiger partial charge in [0, 0.05) is 12.1 Å². The molecule has 1 amide bonds. The van der Waals surface area contributed by atoms with Gasteiger partial charge in [-0.1, -0.05) is 18.2 Å². The van der Waals surface area contributed by atoms with Crippen molar-refractivity contribution in [3.05, 3.63) is 53.6 Å². The Labute approximate surface area is 153 Å². The van der Waals surface area contributed by atoms with Gasteiger partial charge in [0.15, 0.2) is 18.0 Å². The lowest BCUT2D eigenvalue weighted by Gasteiger charge is -2.14. The predicted octanol–water partition coefficient (Wildman–Crippen LogP) is 0.798. The van der Waals surface area contributed by atoms with Gasteiger partial charge in [-0.3, -0.25) is 4.79 Å². The van der Waals surface area contributed by atoms with Crippen molar-refractivity contribution < 1.29 is 23.9 Å². The number of amides is 1. The molecule has 138 valence electrons. The van der Waals surface area contributed by atoms with Crippen molar-refractivity contribution in [1.29, 1.82) is 0 Å². The van der Waals surface area contributed by atoms with Crippen LogP contribution in [0.5, 0.6) is 17.2 Å². The Morgan fingerprint density at radius 2 is 2.00 bits per heavy atom. The number of carbonyl (C=O) groups excluding carboxylic acids is 1. The summed E-state index contributed by atoms with van der Waals surface area (Å²) < 4.78 is 16.0. The maximum Gasteiger partial charge on any atom is 0.275 e. The zero-order valence-electron chi connectivity index (χ0n) is 15.2.